The second-order valence-electron chi connectivity index (χ2n) is 8.45. The van der Waals surface area contributed by atoms with E-state index in [1.54, 1.807) is 22.9 Å². The van der Waals surface area contributed by atoms with Gasteiger partial charge in [0.1, 0.15) is 11.1 Å². The summed E-state index contributed by atoms with van der Waals surface area (Å²) in [6, 6.07) is 5.81. The van der Waals surface area contributed by atoms with Crippen LogP contribution in [0.4, 0.5) is 18.9 Å². The molecule has 2 aromatic heterocycles. The van der Waals surface area contributed by atoms with Crippen molar-refractivity contribution >= 4 is 22.6 Å². The Morgan fingerprint density at radius 3 is 2.56 bits per heavy atom. The maximum atomic E-state index is 13.5. The minimum absolute atomic E-state index is 0.0362. The second-order valence-corrected chi connectivity index (χ2v) is 8.45. The van der Waals surface area contributed by atoms with Crippen LogP contribution in [0.1, 0.15) is 27.0 Å². The van der Waals surface area contributed by atoms with E-state index in [0.717, 1.165) is 11.8 Å². The number of fused-ring (bicyclic) bond motifs is 1. The van der Waals surface area contributed by atoms with Crippen LogP contribution in [0.2, 0.25) is 0 Å². The van der Waals surface area contributed by atoms with Crippen molar-refractivity contribution in [1.82, 2.24) is 14.5 Å². The number of morpholine rings is 1. The van der Waals surface area contributed by atoms with Gasteiger partial charge in [0.15, 0.2) is 0 Å². The molecule has 0 saturated carbocycles. The van der Waals surface area contributed by atoms with E-state index in [0.29, 0.717) is 37.4 Å². The molecule has 1 aliphatic rings. The van der Waals surface area contributed by atoms with E-state index >= 15 is 0 Å². The lowest BCUT2D eigenvalue weighted by molar-refractivity contribution is -0.138. The number of benzene rings is 1. The maximum Gasteiger partial charge on any atom is 0.416 e. The fourth-order valence-electron chi connectivity index (χ4n) is 4.11. The van der Waals surface area contributed by atoms with Crippen LogP contribution in [-0.4, -0.2) is 60.8 Å². The van der Waals surface area contributed by atoms with Gasteiger partial charge in [0, 0.05) is 39.9 Å². The number of amides is 1. The van der Waals surface area contributed by atoms with Gasteiger partial charge in [-0.2, -0.15) is 13.2 Å². The molecular weight excluding hydrogens is 449 g/mol. The fourth-order valence-corrected chi connectivity index (χ4v) is 4.11. The monoisotopic (exact) mass is 474 g/mol. The zero-order chi connectivity index (χ0) is 24.6. The topological polar surface area (TPSA) is 67.7 Å². The van der Waals surface area contributed by atoms with E-state index in [1.807, 2.05) is 0 Å². The number of carbonyl (C=O) groups excluding carboxylic acids is 1. The quantitative estimate of drug-likeness (QED) is 0.581. The highest BCUT2D eigenvalue weighted by atomic mass is 19.4. The number of rotatable bonds is 4. The van der Waals surface area contributed by atoms with Gasteiger partial charge >= 0.3 is 6.18 Å². The van der Waals surface area contributed by atoms with E-state index in [-0.39, 0.29) is 23.2 Å². The van der Waals surface area contributed by atoms with Crippen LogP contribution in [0.5, 0.6) is 0 Å². The summed E-state index contributed by atoms with van der Waals surface area (Å²) in [6.07, 6.45) is -1.49. The summed E-state index contributed by atoms with van der Waals surface area (Å²) in [7, 11) is 3.06. The number of ether oxygens (including phenoxy) is 1. The highest BCUT2D eigenvalue weighted by molar-refractivity contribution is 5.96. The molecule has 1 amide bonds. The Morgan fingerprint density at radius 2 is 1.91 bits per heavy atom. The molecule has 0 N–H and O–H groups in total. The van der Waals surface area contributed by atoms with Crippen LogP contribution in [0.15, 0.2) is 41.5 Å². The van der Waals surface area contributed by atoms with Crippen LogP contribution < -0.4 is 10.3 Å². The van der Waals surface area contributed by atoms with Crippen molar-refractivity contribution in [3.05, 3.63) is 69.1 Å². The summed E-state index contributed by atoms with van der Waals surface area (Å²) < 4.78 is 47.4. The van der Waals surface area contributed by atoms with Gasteiger partial charge in [-0.15, -0.1) is 0 Å². The zero-order valence-corrected chi connectivity index (χ0v) is 19.1. The Morgan fingerprint density at radius 1 is 1.21 bits per heavy atom. The van der Waals surface area contributed by atoms with Crippen molar-refractivity contribution in [1.29, 1.82) is 0 Å². The van der Waals surface area contributed by atoms with Crippen molar-refractivity contribution in [2.24, 2.45) is 0 Å². The summed E-state index contributed by atoms with van der Waals surface area (Å²) in [4.78, 5) is 33.5. The molecule has 1 aliphatic heterocycles. The Hall–Kier alpha value is -3.40. The first-order valence-corrected chi connectivity index (χ1v) is 10.8. The Labute approximate surface area is 194 Å². The van der Waals surface area contributed by atoms with Crippen molar-refractivity contribution < 1.29 is 22.7 Å². The van der Waals surface area contributed by atoms with Gasteiger partial charge in [-0.1, -0.05) is 12.1 Å². The number of carbonyl (C=O) groups is 1. The Bertz CT molecular complexity index is 1300. The molecule has 0 spiro atoms. The molecule has 0 atom stereocenters. The second kappa shape index (κ2) is 9.09. The summed E-state index contributed by atoms with van der Waals surface area (Å²) in [6.45, 7) is 3.89. The fraction of sp³-hybridized carbons (Fsp3) is 0.375. The molecule has 7 nitrogen and oxygen atoms in total. The van der Waals surface area contributed by atoms with E-state index in [1.165, 1.54) is 38.2 Å². The van der Waals surface area contributed by atoms with Crippen LogP contribution >= 0.6 is 0 Å². The molecule has 3 aromatic rings. The van der Waals surface area contributed by atoms with E-state index in [2.05, 4.69) is 9.88 Å². The molecule has 180 valence electrons. The largest absolute Gasteiger partial charge is 0.416 e. The zero-order valence-electron chi connectivity index (χ0n) is 19.1. The van der Waals surface area contributed by atoms with E-state index in [9.17, 15) is 22.8 Å². The molecule has 1 fully saturated rings. The van der Waals surface area contributed by atoms with Gasteiger partial charge in [0.05, 0.1) is 36.2 Å². The lowest BCUT2D eigenvalue weighted by atomic mass is 10.0. The molecule has 1 saturated heterocycles. The van der Waals surface area contributed by atoms with Gasteiger partial charge in [0.25, 0.3) is 5.91 Å². The average molecular weight is 474 g/mol. The number of halogens is 3. The first kappa shape index (κ1) is 23.7. The molecular formula is C24H25F3N4O3. The van der Waals surface area contributed by atoms with Gasteiger partial charge in [-0.25, -0.2) is 4.98 Å². The molecule has 0 aliphatic carbocycles. The molecule has 0 radical (unpaired) electrons. The number of nitrogens with zero attached hydrogens (tertiary/aromatic N) is 4. The standard InChI is InChI=1S/C24H25F3N4O3/c1-15-16(5-4-6-19(15)24(25,26)27)13-31-14-18(23(33)29(2)3)22(32)21-20(31)11-17(12-28-21)30-7-9-34-10-8-30/h4-6,11-12,14H,7-10,13H2,1-3H3. The van der Waals surface area contributed by atoms with Crippen LogP contribution in [0, 0.1) is 6.92 Å². The highest BCUT2D eigenvalue weighted by Crippen LogP contribution is 2.33. The molecule has 10 heteroatoms. The first-order valence-electron chi connectivity index (χ1n) is 10.8. The third kappa shape index (κ3) is 4.50. The Kier molecular flexibility index (Phi) is 6.35. The van der Waals surface area contributed by atoms with E-state index in [4.69, 9.17) is 4.74 Å². The predicted octanol–water partition coefficient (Wildman–Crippen LogP) is 3.31. The van der Waals surface area contributed by atoms with Crippen LogP contribution in [0.3, 0.4) is 0 Å². The number of anilines is 1. The van der Waals surface area contributed by atoms with Crippen LogP contribution in [-0.2, 0) is 17.5 Å². The van der Waals surface area contributed by atoms with Crippen molar-refractivity contribution in [3.8, 4) is 0 Å². The SMILES string of the molecule is Cc1c(Cn2cc(C(=O)N(C)C)c(=O)c3ncc(N4CCOCC4)cc32)cccc1C(F)(F)F. The van der Waals surface area contributed by atoms with Gasteiger partial charge in [-0.05, 0) is 30.2 Å². The number of hydrogen-bond acceptors (Lipinski definition) is 5. The van der Waals surface area contributed by atoms with Gasteiger partial charge < -0.3 is 19.1 Å². The summed E-state index contributed by atoms with van der Waals surface area (Å²) >= 11 is 0. The van der Waals surface area contributed by atoms with E-state index < -0.39 is 23.1 Å². The number of pyridine rings is 2. The molecule has 4 rings (SSSR count). The predicted molar refractivity (Wildman–Crippen MR) is 122 cm³/mol. The average Bonchev–Trinajstić information content (AvgIpc) is 2.81. The summed E-state index contributed by atoms with van der Waals surface area (Å²) in [5.41, 5.74) is 0.520. The minimum Gasteiger partial charge on any atom is -0.378 e. The highest BCUT2D eigenvalue weighted by Gasteiger charge is 2.33. The lowest BCUT2D eigenvalue weighted by Gasteiger charge is -2.29. The number of hydrogen-bond donors (Lipinski definition) is 0. The minimum atomic E-state index is -4.48. The summed E-state index contributed by atoms with van der Waals surface area (Å²) in [5, 5.41) is 0. The molecule has 1 aromatic carbocycles. The normalized spacial score (nSPS) is 14.5. The van der Waals surface area contributed by atoms with Gasteiger partial charge in [-0.3, -0.25) is 9.59 Å². The van der Waals surface area contributed by atoms with Gasteiger partial charge in [0.2, 0.25) is 5.43 Å². The van der Waals surface area contributed by atoms with Crippen LogP contribution in [0.25, 0.3) is 11.0 Å². The van der Waals surface area contributed by atoms with Crippen molar-refractivity contribution in [2.75, 3.05) is 45.3 Å². The molecule has 0 unspecified atom stereocenters. The number of aromatic nitrogens is 2. The third-order valence-corrected chi connectivity index (χ3v) is 6.01. The van der Waals surface area contributed by atoms with Crippen molar-refractivity contribution in [3.63, 3.8) is 0 Å². The summed E-state index contributed by atoms with van der Waals surface area (Å²) in [5.74, 6) is -0.500. The maximum absolute atomic E-state index is 13.5. The molecule has 3 heterocycles. The lowest BCUT2D eigenvalue weighted by Crippen LogP contribution is -2.36. The van der Waals surface area contributed by atoms with Crippen molar-refractivity contribution in [2.45, 2.75) is 19.6 Å². The molecule has 34 heavy (non-hydrogen) atoms. The molecule has 0 bridgehead atoms. The first-order chi connectivity index (χ1) is 16.1. The smallest absolute Gasteiger partial charge is 0.378 e. The number of alkyl halides is 3. The third-order valence-electron chi connectivity index (χ3n) is 6.01. The Balaban J connectivity index is 1.90.